The molecule has 0 amide bonds. The van der Waals surface area contributed by atoms with Crippen LogP contribution in [0.25, 0.3) is 10.4 Å². The minimum Gasteiger partial charge on any atom is -0.462 e. The molecule has 4 aromatic rings. The molecule has 0 aliphatic rings. The van der Waals surface area contributed by atoms with E-state index in [0.717, 1.165) is 21.7 Å². The minimum atomic E-state index is -0.365. The first-order valence-electron chi connectivity index (χ1n) is 10.7. The average Bonchev–Trinajstić information content (AvgIpc) is 3.28. The Kier molecular flexibility index (Phi) is 7.50. The van der Waals surface area contributed by atoms with E-state index >= 15 is 0 Å². The number of ether oxygens (including phenoxy) is 1. The summed E-state index contributed by atoms with van der Waals surface area (Å²) in [5, 5.41) is 4.52. The van der Waals surface area contributed by atoms with Gasteiger partial charge in [0.15, 0.2) is 5.11 Å². The van der Waals surface area contributed by atoms with Gasteiger partial charge in [0.2, 0.25) is 0 Å². The molecule has 1 N–H and O–H groups in total. The van der Waals surface area contributed by atoms with Crippen LogP contribution >= 0.6 is 23.6 Å². The van der Waals surface area contributed by atoms with Gasteiger partial charge in [-0.1, -0.05) is 78.9 Å². The van der Waals surface area contributed by atoms with Gasteiger partial charge < -0.3 is 15.0 Å². The lowest BCUT2D eigenvalue weighted by Crippen LogP contribution is -2.34. The van der Waals surface area contributed by atoms with Crippen LogP contribution in [0.2, 0.25) is 0 Å². The number of hydrogen-bond acceptors (Lipinski definition) is 4. The third kappa shape index (κ3) is 5.66. The molecule has 33 heavy (non-hydrogen) atoms. The Hall–Kier alpha value is -3.48. The topological polar surface area (TPSA) is 41.6 Å². The molecule has 0 saturated carbocycles. The number of nitrogens with zero attached hydrogens (tertiary/aromatic N) is 1. The highest BCUT2D eigenvalue weighted by atomic mass is 32.1. The number of para-hydroxylation sites is 1. The zero-order valence-corrected chi connectivity index (χ0v) is 19.9. The van der Waals surface area contributed by atoms with Crippen molar-refractivity contribution in [3.8, 4) is 10.4 Å². The molecular weight excluding hydrogens is 448 g/mol. The maximum absolute atomic E-state index is 12.7. The van der Waals surface area contributed by atoms with Crippen LogP contribution in [0, 0.1) is 0 Å². The third-order valence-corrected chi connectivity index (χ3v) is 6.42. The third-order valence-electron chi connectivity index (χ3n) is 5.00. The van der Waals surface area contributed by atoms with Crippen LogP contribution in [0.15, 0.2) is 97.1 Å². The van der Waals surface area contributed by atoms with Gasteiger partial charge in [-0.2, -0.15) is 0 Å². The summed E-state index contributed by atoms with van der Waals surface area (Å²) in [6.07, 6.45) is 0. The van der Waals surface area contributed by atoms with E-state index in [1.54, 1.807) is 6.92 Å². The predicted molar refractivity (Wildman–Crippen MR) is 141 cm³/mol. The van der Waals surface area contributed by atoms with Gasteiger partial charge in [0.25, 0.3) is 0 Å². The first kappa shape index (κ1) is 22.7. The maximum Gasteiger partial charge on any atom is 0.341 e. The maximum atomic E-state index is 12.7. The molecule has 4 rings (SSSR count). The van der Waals surface area contributed by atoms with Crippen molar-refractivity contribution in [2.75, 3.05) is 16.8 Å². The van der Waals surface area contributed by atoms with Gasteiger partial charge in [0, 0.05) is 10.6 Å². The van der Waals surface area contributed by atoms with Crippen molar-refractivity contribution < 1.29 is 9.53 Å². The predicted octanol–water partition coefficient (Wildman–Crippen LogP) is 7.00. The normalized spacial score (nSPS) is 10.5. The molecule has 0 spiro atoms. The van der Waals surface area contributed by atoms with Gasteiger partial charge in [-0.05, 0) is 48.5 Å². The summed E-state index contributed by atoms with van der Waals surface area (Å²) in [4.78, 5) is 15.7. The standard InChI is InChI=1S/C27H24N2O2S2/c1-2-31-26(30)23-18-24(21-14-8-4-9-15-21)33-25(23)28-27(32)29(22-16-10-5-11-17-22)19-20-12-6-3-7-13-20/h3-18H,2,19H2,1H3,(H,28,32). The fourth-order valence-electron chi connectivity index (χ4n) is 3.41. The number of anilines is 2. The Labute approximate surface area is 203 Å². The lowest BCUT2D eigenvalue weighted by Gasteiger charge is -2.26. The number of thiophene rings is 1. The Balaban J connectivity index is 1.67. The van der Waals surface area contributed by atoms with Gasteiger partial charge >= 0.3 is 5.97 Å². The summed E-state index contributed by atoms with van der Waals surface area (Å²) < 4.78 is 5.31. The molecule has 0 unspecified atom stereocenters. The van der Waals surface area contributed by atoms with Crippen molar-refractivity contribution in [3.05, 3.63) is 108 Å². The van der Waals surface area contributed by atoms with E-state index in [1.807, 2.05) is 89.8 Å². The van der Waals surface area contributed by atoms with E-state index in [4.69, 9.17) is 17.0 Å². The van der Waals surface area contributed by atoms with Crippen LogP contribution in [-0.2, 0) is 11.3 Å². The van der Waals surface area contributed by atoms with Crippen molar-refractivity contribution in [1.82, 2.24) is 0 Å². The monoisotopic (exact) mass is 472 g/mol. The van der Waals surface area contributed by atoms with Crippen LogP contribution in [0.3, 0.4) is 0 Å². The highest BCUT2D eigenvalue weighted by molar-refractivity contribution is 7.80. The first-order chi connectivity index (χ1) is 16.2. The fraction of sp³-hybridized carbons (Fsp3) is 0.111. The lowest BCUT2D eigenvalue weighted by molar-refractivity contribution is 0.0528. The lowest BCUT2D eigenvalue weighted by atomic mass is 10.1. The van der Waals surface area contributed by atoms with Crippen molar-refractivity contribution in [2.45, 2.75) is 13.5 Å². The molecule has 1 aromatic heterocycles. The number of thiocarbonyl (C=S) groups is 1. The second-order valence-electron chi connectivity index (χ2n) is 7.28. The SMILES string of the molecule is CCOC(=O)c1cc(-c2ccccc2)sc1NC(=S)N(Cc1ccccc1)c1ccccc1. The van der Waals surface area contributed by atoms with Crippen LogP contribution in [-0.4, -0.2) is 17.7 Å². The van der Waals surface area contributed by atoms with Gasteiger partial charge in [-0.25, -0.2) is 4.79 Å². The molecule has 1 heterocycles. The largest absolute Gasteiger partial charge is 0.462 e. The summed E-state index contributed by atoms with van der Waals surface area (Å²) in [7, 11) is 0. The van der Waals surface area contributed by atoms with E-state index in [9.17, 15) is 4.79 Å². The molecule has 0 atom stereocenters. The second-order valence-corrected chi connectivity index (χ2v) is 8.72. The van der Waals surface area contributed by atoms with Gasteiger partial charge in [-0.3, -0.25) is 0 Å². The number of esters is 1. The zero-order chi connectivity index (χ0) is 23.0. The molecule has 6 heteroatoms. The van der Waals surface area contributed by atoms with Crippen molar-refractivity contribution in [1.29, 1.82) is 0 Å². The van der Waals surface area contributed by atoms with E-state index in [1.165, 1.54) is 11.3 Å². The minimum absolute atomic E-state index is 0.309. The van der Waals surface area contributed by atoms with Crippen molar-refractivity contribution in [3.63, 3.8) is 0 Å². The Morgan fingerprint density at radius 3 is 2.18 bits per heavy atom. The van der Waals surface area contributed by atoms with Gasteiger partial charge in [0.05, 0.1) is 18.7 Å². The Morgan fingerprint density at radius 1 is 0.939 bits per heavy atom. The van der Waals surface area contributed by atoms with Crippen LogP contribution in [0.5, 0.6) is 0 Å². The summed E-state index contributed by atoms with van der Waals surface area (Å²) in [5.74, 6) is -0.365. The molecule has 166 valence electrons. The smallest absolute Gasteiger partial charge is 0.341 e. The van der Waals surface area contributed by atoms with Crippen molar-refractivity contribution in [2.24, 2.45) is 0 Å². The van der Waals surface area contributed by atoms with Gasteiger partial charge in [-0.15, -0.1) is 11.3 Å². The number of carbonyl (C=O) groups is 1. The zero-order valence-electron chi connectivity index (χ0n) is 18.2. The van der Waals surface area contributed by atoms with E-state index in [-0.39, 0.29) is 5.97 Å². The fourth-order valence-corrected chi connectivity index (χ4v) is 4.80. The average molecular weight is 473 g/mol. The molecule has 0 bridgehead atoms. The van der Waals surface area contributed by atoms with Gasteiger partial charge in [0.1, 0.15) is 5.00 Å². The Bertz CT molecular complexity index is 1210. The summed E-state index contributed by atoms with van der Waals surface area (Å²) in [5.41, 5.74) is 3.62. The van der Waals surface area contributed by atoms with Crippen LogP contribution in [0.1, 0.15) is 22.8 Å². The molecule has 0 saturated heterocycles. The van der Waals surface area contributed by atoms with Crippen LogP contribution < -0.4 is 10.2 Å². The second kappa shape index (κ2) is 10.9. The number of rotatable bonds is 7. The van der Waals surface area contributed by atoms with E-state index in [2.05, 4.69) is 17.4 Å². The van der Waals surface area contributed by atoms with E-state index < -0.39 is 0 Å². The van der Waals surface area contributed by atoms with Crippen molar-refractivity contribution >= 4 is 45.3 Å². The molecule has 0 aliphatic carbocycles. The summed E-state index contributed by atoms with van der Waals surface area (Å²) in [6, 6.07) is 32.0. The first-order valence-corrected chi connectivity index (χ1v) is 11.9. The molecule has 4 nitrogen and oxygen atoms in total. The molecule has 0 aliphatic heterocycles. The molecule has 0 fully saturated rings. The number of nitrogens with one attached hydrogen (secondary N) is 1. The summed E-state index contributed by atoms with van der Waals surface area (Å²) in [6.45, 7) is 2.71. The number of benzene rings is 3. The highest BCUT2D eigenvalue weighted by Gasteiger charge is 2.21. The number of hydrogen-bond donors (Lipinski definition) is 1. The van der Waals surface area contributed by atoms with Crippen LogP contribution in [0.4, 0.5) is 10.7 Å². The molecular formula is C27H24N2O2S2. The summed E-state index contributed by atoms with van der Waals surface area (Å²) >= 11 is 7.33. The Morgan fingerprint density at radius 2 is 1.55 bits per heavy atom. The highest BCUT2D eigenvalue weighted by Crippen LogP contribution is 2.36. The molecule has 3 aromatic carbocycles. The quantitative estimate of drug-likeness (QED) is 0.232. The molecule has 0 radical (unpaired) electrons. The number of carbonyl (C=O) groups excluding carboxylic acids is 1. The van der Waals surface area contributed by atoms with E-state index in [0.29, 0.717) is 28.8 Å².